The van der Waals surface area contributed by atoms with E-state index in [0.29, 0.717) is 27.5 Å². The Kier molecular flexibility index (Phi) is 4.15. The first kappa shape index (κ1) is 16.1. The van der Waals surface area contributed by atoms with E-state index in [1.807, 2.05) is 18.2 Å². The molecule has 25 heavy (non-hydrogen) atoms. The summed E-state index contributed by atoms with van der Waals surface area (Å²) in [4.78, 5) is 20.9. The molecule has 3 aromatic rings. The maximum absolute atomic E-state index is 12.5. The summed E-state index contributed by atoms with van der Waals surface area (Å²) in [6.45, 7) is 0. The molecule has 1 saturated carbocycles. The predicted octanol–water partition coefficient (Wildman–Crippen LogP) is 4.10. The Morgan fingerprint density at radius 1 is 1.16 bits per heavy atom. The monoisotopic (exact) mass is 373 g/mol. The number of halogens is 2. The fourth-order valence-electron chi connectivity index (χ4n) is 2.46. The lowest BCUT2D eigenvalue weighted by atomic mass is 10.3. The number of para-hydroxylation sites is 1. The van der Waals surface area contributed by atoms with Gasteiger partial charge in [-0.2, -0.15) is 0 Å². The van der Waals surface area contributed by atoms with E-state index in [9.17, 15) is 4.79 Å². The van der Waals surface area contributed by atoms with Crippen LogP contribution in [0.4, 0.5) is 5.69 Å². The fraction of sp³-hybridized carbons (Fsp3) is 0.176. The van der Waals surface area contributed by atoms with E-state index in [-0.39, 0.29) is 5.82 Å². The fourth-order valence-corrected chi connectivity index (χ4v) is 2.79. The zero-order valence-electron chi connectivity index (χ0n) is 13.0. The van der Waals surface area contributed by atoms with Crippen LogP contribution in [0.2, 0.25) is 10.2 Å². The molecule has 2 heterocycles. The lowest BCUT2D eigenvalue weighted by Crippen LogP contribution is -2.14. The van der Waals surface area contributed by atoms with Crippen LogP contribution in [0.15, 0.2) is 42.6 Å². The zero-order chi connectivity index (χ0) is 17.4. The summed E-state index contributed by atoms with van der Waals surface area (Å²) in [5.74, 6) is 0.753. The van der Waals surface area contributed by atoms with Gasteiger partial charge in [0.25, 0.3) is 5.91 Å². The number of nitrogens with zero attached hydrogens (tertiary/aromatic N) is 4. The summed E-state index contributed by atoms with van der Waals surface area (Å²) in [7, 11) is 0. The van der Waals surface area contributed by atoms with Crippen LogP contribution in [0.1, 0.15) is 35.2 Å². The van der Waals surface area contributed by atoms with Gasteiger partial charge in [-0.1, -0.05) is 35.3 Å². The van der Waals surface area contributed by atoms with E-state index in [1.165, 1.54) is 6.20 Å². The van der Waals surface area contributed by atoms with Crippen LogP contribution in [0.5, 0.6) is 0 Å². The van der Waals surface area contributed by atoms with Crippen LogP contribution < -0.4 is 5.32 Å². The summed E-state index contributed by atoms with van der Waals surface area (Å²) in [5.41, 5.74) is 1.24. The summed E-state index contributed by atoms with van der Waals surface area (Å²) in [6.07, 6.45) is 3.55. The smallest absolute Gasteiger partial charge is 0.295 e. The van der Waals surface area contributed by atoms with Gasteiger partial charge in [-0.15, -0.1) is 5.10 Å². The Balaban J connectivity index is 1.66. The molecule has 1 aromatic carbocycles. The lowest BCUT2D eigenvalue weighted by Gasteiger charge is -2.06. The Labute approximate surface area is 153 Å². The third-order valence-electron chi connectivity index (χ3n) is 3.84. The molecule has 0 atom stereocenters. The number of carbonyl (C=O) groups is 1. The summed E-state index contributed by atoms with van der Waals surface area (Å²) in [5, 5.41) is 8.01. The summed E-state index contributed by atoms with van der Waals surface area (Å²) in [6, 6.07) is 10.6. The van der Waals surface area contributed by atoms with E-state index >= 15 is 0 Å². The van der Waals surface area contributed by atoms with Crippen molar-refractivity contribution in [2.24, 2.45) is 0 Å². The Morgan fingerprint density at radius 2 is 1.96 bits per heavy atom. The third kappa shape index (κ3) is 3.36. The molecule has 126 valence electrons. The molecule has 4 rings (SSSR count). The number of nitrogens with one attached hydrogen (secondary N) is 1. The van der Waals surface area contributed by atoms with Gasteiger partial charge in [0.15, 0.2) is 0 Å². The predicted molar refractivity (Wildman–Crippen MR) is 95.5 cm³/mol. The van der Waals surface area contributed by atoms with Crippen molar-refractivity contribution in [3.05, 3.63) is 64.4 Å². The summed E-state index contributed by atoms with van der Waals surface area (Å²) < 4.78 is 1.66. The highest BCUT2D eigenvalue weighted by atomic mass is 35.5. The largest absolute Gasteiger partial charge is 0.318 e. The van der Waals surface area contributed by atoms with E-state index in [0.717, 1.165) is 18.7 Å². The van der Waals surface area contributed by atoms with Gasteiger partial charge in [-0.05, 0) is 37.1 Å². The highest BCUT2D eigenvalue weighted by molar-refractivity contribution is 6.32. The molecule has 1 N–H and O–H groups in total. The maximum Gasteiger partial charge on any atom is 0.295 e. The molecule has 0 saturated heterocycles. The van der Waals surface area contributed by atoms with E-state index in [1.54, 1.807) is 22.9 Å². The molecule has 0 bridgehead atoms. The van der Waals surface area contributed by atoms with Crippen molar-refractivity contribution in [1.29, 1.82) is 0 Å². The zero-order valence-corrected chi connectivity index (χ0v) is 14.5. The van der Waals surface area contributed by atoms with E-state index in [2.05, 4.69) is 20.4 Å². The average Bonchev–Trinajstić information content (AvgIpc) is 3.36. The van der Waals surface area contributed by atoms with Crippen LogP contribution >= 0.6 is 23.2 Å². The Bertz CT molecular complexity index is 934. The molecular formula is C17H13Cl2N5O. The first-order valence-corrected chi connectivity index (χ1v) is 8.52. The number of pyridine rings is 1. The quantitative estimate of drug-likeness (QED) is 0.698. The number of hydrogen-bond donors (Lipinski definition) is 1. The second-order valence-corrected chi connectivity index (χ2v) is 6.55. The standard InChI is InChI=1S/C17H13Cl2N5O/c18-12-3-1-2-4-13(12)24-16(10-5-6-10)22-15(23-24)17(25)21-11-7-8-14(19)20-9-11/h1-4,7-10H,5-6H2,(H,21,25). The molecular weight excluding hydrogens is 361 g/mol. The van der Waals surface area contributed by atoms with Gasteiger partial charge in [0, 0.05) is 5.92 Å². The second kappa shape index (κ2) is 6.46. The highest BCUT2D eigenvalue weighted by Gasteiger charge is 2.32. The van der Waals surface area contributed by atoms with Crippen LogP contribution in [0.3, 0.4) is 0 Å². The van der Waals surface area contributed by atoms with Crippen LogP contribution in [0, 0.1) is 0 Å². The molecule has 0 radical (unpaired) electrons. The molecule has 0 spiro atoms. The van der Waals surface area contributed by atoms with Crippen molar-refractivity contribution < 1.29 is 4.79 Å². The lowest BCUT2D eigenvalue weighted by molar-refractivity contribution is 0.101. The minimum atomic E-state index is -0.406. The molecule has 1 aliphatic carbocycles. The van der Waals surface area contributed by atoms with Crippen LogP contribution in [-0.4, -0.2) is 25.7 Å². The van der Waals surface area contributed by atoms with Crippen molar-refractivity contribution in [1.82, 2.24) is 19.7 Å². The molecule has 0 aliphatic heterocycles. The maximum atomic E-state index is 12.5. The molecule has 8 heteroatoms. The van der Waals surface area contributed by atoms with Gasteiger partial charge < -0.3 is 5.32 Å². The van der Waals surface area contributed by atoms with Gasteiger partial charge in [-0.25, -0.2) is 14.6 Å². The van der Waals surface area contributed by atoms with Gasteiger partial charge in [-0.3, -0.25) is 4.79 Å². The van der Waals surface area contributed by atoms with Gasteiger partial charge in [0.05, 0.1) is 22.6 Å². The van der Waals surface area contributed by atoms with Gasteiger partial charge in [0.1, 0.15) is 11.0 Å². The second-order valence-electron chi connectivity index (χ2n) is 5.75. The number of anilines is 1. The van der Waals surface area contributed by atoms with Gasteiger partial charge >= 0.3 is 0 Å². The highest BCUT2D eigenvalue weighted by Crippen LogP contribution is 2.40. The number of benzene rings is 1. The van der Waals surface area contributed by atoms with Crippen molar-refractivity contribution >= 4 is 34.8 Å². The number of hydrogen-bond acceptors (Lipinski definition) is 4. The van der Waals surface area contributed by atoms with Gasteiger partial charge in [0.2, 0.25) is 5.82 Å². The molecule has 2 aromatic heterocycles. The van der Waals surface area contributed by atoms with E-state index in [4.69, 9.17) is 23.2 Å². The Morgan fingerprint density at radius 3 is 2.64 bits per heavy atom. The minimum absolute atomic E-state index is 0.0942. The SMILES string of the molecule is O=C(Nc1ccc(Cl)nc1)c1nc(C2CC2)n(-c2ccccc2Cl)n1. The number of aromatic nitrogens is 4. The van der Waals surface area contributed by atoms with Crippen LogP contribution in [0.25, 0.3) is 5.69 Å². The van der Waals surface area contributed by atoms with Crippen LogP contribution in [-0.2, 0) is 0 Å². The minimum Gasteiger partial charge on any atom is -0.318 e. The topological polar surface area (TPSA) is 72.7 Å². The van der Waals surface area contributed by atoms with E-state index < -0.39 is 5.91 Å². The molecule has 1 aliphatic rings. The third-order valence-corrected chi connectivity index (χ3v) is 4.39. The van der Waals surface area contributed by atoms with Crippen molar-refractivity contribution in [3.63, 3.8) is 0 Å². The molecule has 1 amide bonds. The molecule has 0 unspecified atom stereocenters. The molecule has 1 fully saturated rings. The number of carbonyl (C=O) groups excluding carboxylic acids is 1. The first-order valence-electron chi connectivity index (χ1n) is 7.76. The van der Waals surface area contributed by atoms with Crippen molar-refractivity contribution in [2.75, 3.05) is 5.32 Å². The number of rotatable bonds is 4. The normalized spacial score (nSPS) is 13.7. The Hall–Kier alpha value is -2.44. The summed E-state index contributed by atoms with van der Waals surface area (Å²) >= 11 is 12.0. The first-order chi connectivity index (χ1) is 12.1. The average molecular weight is 374 g/mol. The van der Waals surface area contributed by atoms with Crippen molar-refractivity contribution in [2.45, 2.75) is 18.8 Å². The van der Waals surface area contributed by atoms with Crippen molar-refractivity contribution in [3.8, 4) is 5.69 Å². The molecule has 6 nitrogen and oxygen atoms in total. The number of amides is 1.